The van der Waals surface area contributed by atoms with Gasteiger partial charge in [0.15, 0.2) is 0 Å². The normalized spacial score (nSPS) is 24.3. The lowest BCUT2D eigenvalue weighted by Crippen LogP contribution is -2.48. The number of rotatable bonds is 3. The summed E-state index contributed by atoms with van der Waals surface area (Å²) in [7, 11) is 0. The number of hydrogen-bond donors (Lipinski definition) is 2. The molecule has 1 atom stereocenters. The van der Waals surface area contributed by atoms with E-state index in [9.17, 15) is 4.79 Å². The first-order valence-electron chi connectivity index (χ1n) is 5.59. The predicted octanol–water partition coefficient (Wildman–Crippen LogP) is 0.492. The van der Waals surface area contributed by atoms with Gasteiger partial charge in [0.25, 0.3) is 0 Å². The fraction of sp³-hybridized carbons (Fsp3) is 0.500. The molecule has 1 aliphatic heterocycles. The molecule has 0 aliphatic carbocycles. The minimum absolute atomic E-state index is 0.0793. The van der Waals surface area contributed by atoms with Gasteiger partial charge in [-0.3, -0.25) is 9.78 Å². The van der Waals surface area contributed by atoms with Gasteiger partial charge in [-0.25, -0.2) is 0 Å². The van der Waals surface area contributed by atoms with Crippen LogP contribution in [0.2, 0.25) is 0 Å². The summed E-state index contributed by atoms with van der Waals surface area (Å²) in [6.45, 7) is 3.92. The van der Waals surface area contributed by atoms with E-state index in [1.165, 1.54) is 0 Å². The van der Waals surface area contributed by atoms with Gasteiger partial charge in [0, 0.05) is 18.9 Å². The van der Waals surface area contributed by atoms with Crippen molar-refractivity contribution in [3.63, 3.8) is 0 Å². The molecule has 1 aliphatic rings. The minimum atomic E-state index is -0.0793. The van der Waals surface area contributed by atoms with Crippen LogP contribution in [-0.2, 0) is 11.2 Å². The van der Waals surface area contributed by atoms with Crippen LogP contribution in [0.25, 0.3) is 0 Å². The maximum Gasteiger partial charge on any atom is 0.224 e. The number of carbonyl (C=O) groups excluding carboxylic acids is 1. The SMILES string of the molecule is CC1(NC(=O)Cc2ccncc2)CCNC1. The highest BCUT2D eigenvalue weighted by Gasteiger charge is 2.29. The molecule has 4 heteroatoms. The Morgan fingerprint density at radius 3 is 2.94 bits per heavy atom. The third kappa shape index (κ3) is 2.79. The Balaban J connectivity index is 1.89. The predicted molar refractivity (Wildman–Crippen MR) is 62.0 cm³/mol. The third-order valence-electron chi connectivity index (χ3n) is 2.92. The second-order valence-corrected chi connectivity index (χ2v) is 4.57. The van der Waals surface area contributed by atoms with Crippen LogP contribution in [0.15, 0.2) is 24.5 Å². The molecule has 0 saturated carbocycles. The Labute approximate surface area is 95.5 Å². The molecule has 1 saturated heterocycles. The first kappa shape index (κ1) is 11.1. The molecule has 2 rings (SSSR count). The van der Waals surface area contributed by atoms with Gasteiger partial charge < -0.3 is 10.6 Å². The number of nitrogens with zero attached hydrogens (tertiary/aromatic N) is 1. The zero-order chi connectivity index (χ0) is 11.4. The highest BCUT2D eigenvalue weighted by Crippen LogP contribution is 2.13. The smallest absolute Gasteiger partial charge is 0.224 e. The van der Waals surface area contributed by atoms with Gasteiger partial charge >= 0.3 is 0 Å². The molecule has 1 aromatic heterocycles. The number of hydrogen-bond acceptors (Lipinski definition) is 3. The van der Waals surface area contributed by atoms with Crippen molar-refractivity contribution >= 4 is 5.91 Å². The van der Waals surface area contributed by atoms with E-state index in [2.05, 4.69) is 22.5 Å². The van der Waals surface area contributed by atoms with Crippen molar-refractivity contribution in [2.75, 3.05) is 13.1 Å². The van der Waals surface area contributed by atoms with Crippen LogP contribution in [0.3, 0.4) is 0 Å². The van der Waals surface area contributed by atoms with E-state index in [0.29, 0.717) is 6.42 Å². The van der Waals surface area contributed by atoms with Crippen molar-refractivity contribution in [2.45, 2.75) is 25.3 Å². The van der Waals surface area contributed by atoms with E-state index in [1.807, 2.05) is 12.1 Å². The topological polar surface area (TPSA) is 54.0 Å². The summed E-state index contributed by atoms with van der Waals surface area (Å²) >= 11 is 0. The minimum Gasteiger partial charge on any atom is -0.349 e. The van der Waals surface area contributed by atoms with E-state index in [-0.39, 0.29) is 11.4 Å². The monoisotopic (exact) mass is 219 g/mol. The summed E-state index contributed by atoms with van der Waals surface area (Å²) in [5.74, 6) is 0.0809. The van der Waals surface area contributed by atoms with Crippen LogP contribution in [0.4, 0.5) is 0 Å². The first-order valence-corrected chi connectivity index (χ1v) is 5.59. The molecular formula is C12H17N3O. The third-order valence-corrected chi connectivity index (χ3v) is 2.92. The molecule has 1 fully saturated rings. The quantitative estimate of drug-likeness (QED) is 0.778. The van der Waals surface area contributed by atoms with Crippen LogP contribution in [0, 0.1) is 0 Å². The van der Waals surface area contributed by atoms with E-state index < -0.39 is 0 Å². The van der Waals surface area contributed by atoms with Crippen LogP contribution in [-0.4, -0.2) is 29.5 Å². The molecule has 0 aromatic carbocycles. The summed E-state index contributed by atoms with van der Waals surface area (Å²) in [6, 6.07) is 3.74. The molecular weight excluding hydrogens is 202 g/mol. The van der Waals surface area contributed by atoms with Gasteiger partial charge in [0.1, 0.15) is 0 Å². The van der Waals surface area contributed by atoms with Crippen LogP contribution in [0.1, 0.15) is 18.9 Å². The second-order valence-electron chi connectivity index (χ2n) is 4.57. The molecule has 1 unspecified atom stereocenters. The number of carbonyl (C=O) groups is 1. The average molecular weight is 219 g/mol. The highest BCUT2D eigenvalue weighted by molar-refractivity contribution is 5.79. The zero-order valence-electron chi connectivity index (χ0n) is 9.49. The van der Waals surface area contributed by atoms with Crippen molar-refractivity contribution < 1.29 is 4.79 Å². The second kappa shape index (κ2) is 4.61. The molecule has 0 bridgehead atoms. The molecule has 2 heterocycles. The first-order chi connectivity index (χ1) is 7.68. The molecule has 1 aromatic rings. The molecule has 0 radical (unpaired) electrons. The van der Waals surface area contributed by atoms with E-state index in [1.54, 1.807) is 12.4 Å². The Morgan fingerprint density at radius 2 is 2.31 bits per heavy atom. The molecule has 16 heavy (non-hydrogen) atoms. The summed E-state index contributed by atoms with van der Waals surface area (Å²) in [6.07, 6.45) is 4.84. The molecule has 0 spiro atoms. The number of pyridine rings is 1. The molecule has 86 valence electrons. The summed E-state index contributed by atoms with van der Waals surface area (Å²) in [5.41, 5.74) is 0.923. The van der Waals surface area contributed by atoms with E-state index in [4.69, 9.17) is 0 Å². The van der Waals surface area contributed by atoms with Crippen molar-refractivity contribution in [3.8, 4) is 0 Å². The van der Waals surface area contributed by atoms with Crippen molar-refractivity contribution in [2.24, 2.45) is 0 Å². The maximum atomic E-state index is 11.8. The molecule has 4 nitrogen and oxygen atoms in total. The number of nitrogens with one attached hydrogen (secondary N) is 2. The number of amides is 1. The van der Waals surface area contributed by atoms with Crippen LogP contribution < -0.4 is 10.6 Å². The lowest BCUT2D eigenvalue weighted by atomic mass is 10.0. The fourth-order valence-corrected chi connectivity index (χ4v) is 1.99. The van der Waals surface area contributed by atoms with Crippen molar-refractivity contribution in [1.82, 2.24) is 15.6 Å². The lowest BCUT2D eigenvalue weighted by Gasteiger charge is -2.24. The summed E-state index contributed by atoms with van der Waals surface area (Å²) in [4.78, 5) is 15.7. The standard InChI is InChI=1S/C12H17N3O/c1-12(4-7-14-9-12)15-11(16)8-10-2-5-13-6-3-10/h2-3,5-6,14H,4,7-9H2,1H3,(H,15,16). The van der Waals surface area contributed by atoms with Gasteiger partial charge in [-0.1, -0.05) is 0 Å². The van der Waals surface area contributed by atoms with Crippen LogP contribution in [0.5, 0.6) is 0 Å². The highest BCUT2D eigenvalue weighted by atomic mass is 16.1. The lowest BCUT2D eigenvalue weighted by molar-refractivity contribution is -0.122. The van der Waals surface area contributed by atoms with Crippen molar-refractivity contribution in [3.05, 3.63) is 30.1 Å². The Morgan fingerprint density at radius 1 is 1.56 bits per heavy atom. The molecule has 2 N–H and O–H groups in total. The van der Waals surface area contributed by atoms with Gasteiger partial charge in [0.2, 0.25) is 5.91 Å². The van der Waals surface area contributed by atoms with Gasteiger partial charge in [0.05, 0.1) is 12.0 Å². The Kier molecular flexibility index (Phi) is 3.19. The summed E-state index contributed by atoms with van der Waals surface area (Å²) < 4.78 is 0. The molecule has 1 amide bonds. The van der Waals surface area contributed by atoms with E-state index >= 15 is 0 Å². The van der Waals surface area contributed by atoms with Gasteiger partial charge in [-0.05, 0) is 37.6 Å². The Bertz CT molecular complexity index is 358. The van der Waals surface area contributed by atoms with Gasteiger partial charge in [-0.2, -0.15) is 0 Å². The van der Waals surface area contributed by atoms with Crippen molar-refractivity contribution in [1.29, 1.82) is 0 Å². The van der Waals surface area contributed by atoms with E-state index in [0.717, 1.165) is 25.1 Å². The number of aromatic nitrogens is 1. The van der Waals surface area contributed by atoms with Crippen LogP contribution >= 0.6 is 0 Å². The summed E-state index contributed by atoms with van der Waals surface area (Å²) in [5, 5.41) is 6.34. The largest absolute Gasteiger partial charge is 0.349 e. The zero-order valence-corrected chi connectivity index (χ0v) is 9.49. The maximum absolute atomic E-state index is 11.8. The fourth-order valence-electron chi connectivity index (χ4n) is 1.99. The van der Waals surface area contributed by atoms with Gasteiger partial charge in [-0.15, -0.1) is 0 Å². The Hall–Kier alpha value is -1.42. The average Bonchev–Trinajstić information content (AvgIpc) is 2.66.